The quantitative estimate of drug-likeness (QED) is 0.675. The van der Waals surface area contributed by atoms with E-state index in [4.69, 9.17) is 9.47 Å². The average Bonchev–Trinajstić information content (AvgIpc) is 2.52. The molecule has 3 unspecified atom stereocenters. The van der Waals surface area contributed by atoms with E-state index in [9.17, 15) is 18.4 Å². The molecule has 1 heterocycles. The summed E-state index contributed by atoms with van der Waals surface area (Å²) in [4.78, 5) is 22.1. The molecule has 0 spiro atoms. The molecule has 0 N–H and O–H groups in total. The Morgan fingerprint density at radius 2 is 2.31 bits per heavy atom. The summed E-state index contributed by atoms with van der Waals surface area (Å²) in [5.41, 5.74) is -1.10. The van der Waals surface area contributed by atoms with Gasteiger partial charge in [-0.3, -0.25) is 4.79 Å². The van der Waals surface area contributed by atoms with E-state index in [-0.39, 0.29) is 11.9 Å². The highest BCUT2D eigenvalue weighted by Crippen LogP contribution is 2.42. The Labute approximate surface area is 90.9 Å². The maximum Gasteiger partial charge on any atom is 0.374 e. The van der Waals surface area contributed by atoms with Crippen LogP contribution in [0.4, 0.5) is 8.78 Å². The Hall–Kier alpha value is -1.20. The number of hydrogen-bond acceptors (Lipinski definition) is 4. The van der Waals surface area contributed by atoms with Gasteiger partial charge in [0.05, 0.1) is 5.92 Å². The highest BCUT2D eigenvalue weighted by atomic mass is 19.3. The van der Waals surface area contributed by atoms with Gasteiger partial charge in [0.1, 0.15) is 11.7 Å². The molecule has 4 nitrogen and oxygen atoms in total. The minimum atomic E-state index is -3.15. The highest BCUT2D eigenvalue weighted by molar-refractivity contribution is 5.76. The van der Waals surface area contributed by atoms with E-state index in [1.165, 1.54) is 6.92 Å². The molecule has 2 fully saturated rings. The Kier molecular flexibility index (Phi) is 2.59. The first-order valence-electron chi connectivity index (χ1n) is 5.14. The summed E-state index contributed by atoms with van der Waals surface area (Å²) < 4.78 is 34.0. The zero-order valence-corrected chi connectivity index (χ0v) is 8.74. The van der Waals surface area contributed by atoms with Crippen LogP contribution in [0.5, 0.6) is 0 Å². The molecule has 0 aromatic heterocycles. The monoisotopic (exact) mass is 234 g/mol. The van der Waals surface area contributed by atoms with Gasteiger partial charge in [-0.15, -0.1) is 0 Å². The Balaban J connectivity index is 2.08. The van der Waals surface area contributed by atoms with Crippen molar-refractivity contribution in [3.63, 3.8) is 0 Å². The van der Waals surface area contributed by atoms with Crippen molar-refractivity contribution < 1.29 is 27.8 Å². The van der Waals surface area contributed by atoms with Gasteiger partial charge in [-0.05, 0) is 19.8 Å². The molecule has 2 bridgehead atoms. The molecule has 1 aliphatic carbocycles. The van der Waals surface area contributed by atoms with Crippen molar-refractivity contribution in [3.8, 4) is 0 Å². The van der Waals surface area contributed by atoms with Crippen LogP contribution in [0.25, 0.3) is 0 Å². The molecule has 1 saturated heterocycles. The van der Waals surface area contributed by atoms with Crippen molar-refractivity contribution in [3.05, 3.63) is 0 Å². The minimum absolute atomic E-state index is 0.164. The zero-order valence-electron chi connectivity index (χ0n) is 8.74. The van der Waals surface area contributed by atoms with Gasteiger partial charge in [0, 0.05) is 6.42 Å². The summed E-state index contributed by atoms with van der Waals surface area (Å²) >= 11 is 0. The van der Waals surface area contributed by atoms with Gasteiger partial charge >= 0.3 is 18.4 Å². The molecule has 6 heteroatoms. The van der Waals surface area contributed by atoms with Crippen LogP contribution in [0.2, 0.25) is 0 Å². The summed E-state index contributed by atoms with van der Waals surface area (Å²) in [7, 11) is 0. The number of alkyl halides is 2. The fourth-order valence-corrected chi connectivity index (χ4v) is 2.26. The van der Waals surface area contributed by atoms with Crippen LogP contribution in [0.3, 0.4) is 0 Å². The van der Waals surface area contributed by atoms with Crippen molar-refractivity contribution in [1.29, 1.82) is 0 Å². The van der Waals surface area contributed by atoms with Crippen molar-refractivity contribution in [2.24, 2.45) is 5.92 Å². The third-order valence-electron chi connectivity index (χ3n) is 3.27. The van der Waals surface area contributed by atoms with E-state index in [1.807, 2.05) is 0 Å². The Bertz CT molecular complexity index is 331. The van der Waals surface area contributed by atoms with Gasteiger partial charge in [0.2, 0.25) is 0 Å². The summed E-state index contributed by atoms with van der Waals surface area (Å²) in [5, 5.41) is 0. The summed E-state index contributed by atoms with van der Waals surface area (Å²) in [6.07, 6.45) is -2.38. The molecule has 2 rings (SSSR count). The second kappa shape index (κ2) is 3.68. The number of hydrogen-bond donors (Lipinski definition) is 0. The first-order chi connectivity index (χ1) is 7.42. The first-order valence-corrected chi connectivity index (χ1v) is 5.14. The fraction of sp³-hybridized carbons (Fsp3) is 0.800. The van der Waals surface area contributed by atoms with Gasteiger partial charge in [0.25, 0.3) is 0 Å². The summed E-state index contributed by atoms with van der Waals surface area (Å²) in [6, 6.07) is 0. The molecular weight excluding hydrogens is 222 g/mol. The lowest BCUT2D eigenvalue weighted by Gasteiger charge is -2.35. The van der Waals surface area contributed by atoms with E-state index < -0.39 is 24.1 Å². The van der Waals surface area contributed by atoms with Crippen LogP contribution < -0.4 is 0 Å². The Morgan fingerprint density at radius 3 is 2.94 bits per heavy atom. The predicted molar refractivity (Wildman–Crippen MR) is 47.7 cm³/mol. The van der Waals surface area contributed by atoms with Gasteiger partial charge in [-0.2, -0.15) is 8.78 Å². The van der Waals surface area contributed by atoms with E-state index in [1.54, 1.807) is 0 Å². The van der Waals surface area contributed by atoms with Gasteiger partial charge in [0.15, 0.2) is 0 Å². The molecule has 0 radical (unpaired) electrons. The number of ether oxygens (including phenoxy) is 2. The van der Waals surface area contributed by atoms with E-state index in [0.29, 0.717) is 19.3 Å². The van der Waals surface area contributed by atoms with Gasteiger partial charge in [-0.1, -0.05) is 0 Å². The number of rotatable bonds is 2. The van der Waals surface area contributed by atoms with Crippen LogP contribution in [-0.2, 0) is 19.1 Å². The van der Waals surface area contributed by atoms with Gasteiger partial charge in [-0.25, -0.2) is 4.79 Å². The molecule has 3 atom stereocenters. The Morgan fingerprint density at radius 1 is 1.62 bits per heavy atom. The second-order valence-corrected chi connectivity index (χ2v) is 4.43. The third kappa shape index (κ3) is 1.76. The molecule has 1 saturated carbocycles. The maximum absolute atomic E-state index is 12.1. The third-order valence-corrected chi connectivity index (χ3v) is 3.27. The standard InChI is InChI=1S/C10H12F2O4/c1-10(16-9(14)7(11)12)3-2-5-4-6(10)15-8(5)13/h5-7H,2-4H2,1H3. The lowest BCUT2D eigenvalue weighted by molar-refractivity contribution is -0.187. The van der Waals surface area contributed by atoms with Crippen LogP contribution in [0, 0.1) is 5.92 Å². The topological polar surface area (TPSA) is 52.6 Å². The summed E-state index contributed by atoms with van der Waals surface area (Å²) in [5.74, 6) is -2.03. The second-order valence-electron chi connectivity index (χ2n) is 4.43. The molecule has 90 valence electrons. The average molecular weight is 234 g/mol. The number of carbonyl (C=O) groups is 2. The molecule has 16 heavy (non-hydrogen) atoms. The van der Waals surface area contributed by atoms with Crippen molar-refractivity contribution in [1.82, 2.24) is 0 Å². The molecule has 0 aromatic carbocycles. The van der Waals surface area contributed by atoms with Crippen LogP contribution in [-0.4, -0.2) is 30.1 Å². The number of fused-ring (bicyclic) bond motifs is 2. The molecule has 1 aliphatic heterocycles. The smallest absolute Gasteiger partial charge is 0.374 e. The molecule has 0 amide bonds. The van der Waals surface area contributed by atoms with E-state index in [2.05, 4.69) is 0 Å². The molecule has 2 aliphatic rings. The highest BCUT2D eigenvalue weighted by Gasteiger charge is 2.52. The summed E-state index contributed by atoms with van der Waals surface area (Å²) in [6.45, 7) is 1.53. The van der Waals surface area contributed by atoms with Crippen molar-refractivity contribution in [2.75, 3.05) is 0 Å². The van der Waals surface area contributed by atoms with Crippen LogP contribution in [0.15, 0.2) is 0 Å². The zero-order chi connectivity index (χ0) is 11.9. The molecular formula is C10H12F2O4. The lowest BCUT2D eigenvalue weighted by Crippen LogP contribution is -2.46. The first kappa shape index (κ1) is 11.3. The van der Waals surface area contributed by atoms with E-state index >= 15 is 0 Å². The lowest BCUT2D eigenvalue weighted by atomic mass is 9.80. The van der Waals surface area contributed by atoms with Crippen LogP contribution in [0.1, 0.15) is 26.2 Å². The number of esters is 2. The molecule has 0 aromatic rings. The van der Waals surface area contributed by atoms with Crippen molar-refractivity contribution >= 4 is 11.9 Å². The number of carbonyl (C=O) groups excluding carboxylic acids is 2. The predicted octanol–water partition coefficient (Wildman–Crippen LogP) is 1.28. The fourth-order valence-electron chi connectivity index (χ4n) is 2.26. The minimum Gasteiger partial charge on any atom is -0.458 e. The largest absolute Gasteiger partial charge is 0.458 e. The SMILES string of the molecule is CC1(OC(=O)C(F)F)CCC2CC1OC2=O. The normalized spacial score (nSPS) is 37.4. The van der Waals surface area contributed by atoms with Crippen molar-refractivity contribution in [2.45, 2.75) is 44.3 Å². The van der Waals surface area contributed by atoms with Gasteiger partial charge < -0.3 is 9.47 Å². The maximum atomic E-state index is 12.1. The van der Waals surface area contributed by atoms with E-state index in [0.717, 1.165) is 0 Å². The van der Waals surface area contributed by atoms with Crippen LogP contribution >= 0.6 is 0 Å². The number of halogens is 2.